The van der Waals surface area contributed by atoms with Crippen molar-refractivity contribution < 1.29 is 14.4 Å². The molecule has 156 valence electrons. The molecule has 2 aliphatic heterocycles. The molecule has 4 amide bonds. The number of urea groups is 1. The SMILES string of the molecule is O=C(Cc1ccccc1Cl)N1CCN(CCN2C(=O)NC3(CCCC3)C2=O)CC1. The van der Waals surface area contributed by atoms with Crippen LogP contribution in [0.1, 0.15) is 31.2 Å². The zero-order valence-corrected chi connectivity index (χ0v) is 17.3. The molecule has 1 N–H and O–H groups in total. The van der Waals surface area contributed by atoms with Crippen LogP contribution in [-0.2, 0) is 16.0 Å². The van der Waals surface area contributed by atoms with E-state index in [9.17, 15) is 14.4 Å². The van der Waals surface area contributed by atoms with E-state index in [1.165, 1.54) is 4.90 Å². The molecular formula is C21H27ClN4O3. The van der Waals surface area contributed by atoms with Crippen molar-refractivity contribution in [1.29, 1.82) is 0 Å². The molecule has 2 saturated heterocycles. The van der Waals surface area contributed by atoms with Crippen LogP contribution in [-0.4, -0.2) is 77.4 Å². The van der Waals surface area contributed by atoms with Gasteiger partial charge in [-0.3, -0.25) is 19.4 Å². The molecule has 1 saturated carbocycles. The van der Waals surface area contributed by atoms with Gasteiger partial charge in [0.2, 0.25) is 5.91 Å². The Morgan fingerprint density at radius 1 is 1.03 bits per heavy atom. The summed E-state index contributed by atoms with van der Waals surface area (Å²) in [5.74, 6) is 0.0172. The Morgan fingerprint density at radius 2 is 1.72 bits per heavy atom. The maximum Gasteiger partial charge on any atom is 0.325 e. The summed E-state index contributed by atoms with van der Waals surface area (Å²) in [5, 5.41) is 3.54. The van der Waals surface area contributed by atoms with Gasteiger partial charge in [0.15, 0.2) is 0 Å². The maximum absolute atomic E-state index is 12.7. The van der Waals surface area contributed by atoms with Gasteiger partial charge in [-0.05, 0) is 24.5 Å². The standard InChI is InChI=1S/C21H27ClN4O3/c22-17-6-2-1-5-16(17)15-18(27)25-12-9-24(10-13-25)11-14-26-19(28)21(23-20(26)29)7-3-4-8-21/h1-2,5-6H,3-4,7-15H2,(H,23,29). The van der Waals surface area contributed by atoms with E-state index in [-0.39, 0.29) is 17.8 Å². The van der Waals surface area contributed by atoms with Gasteiger partial charge in [0.05, 0.1) is 6.42 Å². The molecule has 1 aliphatic carbocycles. The Labute approximate surface area is 176 Å². The van der Waals surface area contributed by atoms with Crippen molar-refractivity contribution in [2.45, 2.75) is 37.6 Å². The number of nitrogens with zero attached hydrogens (tertiary/aromatic N) is 3. The number of hydrogen-bond donors (Lipinski definition) is 1. The van der Waals surface area contributed by atoms with Crippen LogP contribution in [0.3, 0.4) is 0 Å². The number of rotatable bonds is 5. The van der Waals surface area contributed by atoms with Gasteiger partial charge in [0.25, 0.3) is 5.91 Å². The summed E-state index contributed by atoms with van der Waals surface area (Å²) in [7, 11) is 0. The lowest BCUT2D eigenvalue weighted by molar-refractivity contribution is -0.132. The molecule has 7 nitrogen and oxygen atoms in total. The maximum atomic E-state index is 12.7. The van der Waals surface area contributed by atoms with Crippen LogP contribution in [0, 0.1) is 0 Å². The molecule has 3 aliphatic rings. The van der Waals surface area contributed by atoms with Gasteiger partial charge >= 0.3 is 6.03 Å². The second-order valence-electron chi connectivity index (χ2n) is 8.17. The van der Waals surface area contributed by atoms with Crippen molar-refractivity contribution in [3.63, 3.8) is 0 Å². The average molecular weight is 419 g/mol. The average Bonchev–Trinajstić information content (AvgIpc) is 3.28. The van der Waals surface area contributed by atoms with Crippen molar-refractivity contribution in [2.24, 2.45) is 0 Å². The third kappa shape index (κ3) is 4.12. The Bertz CT molecular complexity index is 801. The monoisotopic (exact) mass is 418 g/mol. The lowest BCUT2D eigenvalue weighted by Gasteiger charge is -2.35. The first-order chi connectivity index (χ1) is 14.0. The lowest BCUT2D eigenvalue weighted by Crippen LogP contribution is -2.51. The van der Waals surface area contributed by atoms with Crippen LogP contribution in [0.5, 0.6) is 0 Å². The smallest absolute Gasteiger partial charge is 0.325 e. The second-order valence-corrected chi connectivity index (χ2v) is 8.57. The Balaban J connectivity index is 1.24. The molecule has 1 spiro atoms. The third-order valence-corrected chi connectivity index (χ3v) is 6.74. The fourth-order valence-electron chi connectivity index (χ4n) is 4.58. The molecule has 29 heavy (non-hydrogen) atoms. The highest BCUT2D eigenvalue weighted by atomic mass is 35.5. The number of carbonyl (C=O) groups excluding carboxylic acids is 3. The van der Waals surface area contributed by atoms with E-state index in [0.29, 0.717) is 37.6 Å². The number of benzene rings is 1. The predicted octanol–water partition coefficient (Wildman–Crippen LogP) is 1.89. The van der Waals surface area contributed by atoms with E-state index >= 15 is 0 Å². The summed E-state index contributed by atoms with van der Waals surface area (Å²) in [6, 6.07) is 7.16. The quantitative estimate of drug-likeness (QED) is 0.741. The van der Waals surface area contributed by atoms with Crippen LogP contribution in [0.25, 0.3) is 0 Å². The molecule has 0 atom stereocenters. The van der Waals surface area contributed by atoms with Gasteiger partial charge in [-0.2, -0.15) is 0 Å². The highest BCUT2D eigenvalue weighted by molar-refractivity contribution is 6.31. The van der Waals surface area contributed by atoms with E-state index < -0.39 is 5.54 Å². The van der Waals surface area contributed by atoms with E-state index in [1.807, 2.05) is 23.1 Å². The van der Waals surface area contributed by atoms with Crippen molar-refractivity contribution in [2.75, 3.05) is 39.3 Å². The van der Waals surface area contributed by atoms with Crippen LogP contribution >= 0.6 is 11.6 Å². The fourth-order valence-corrected chi connectivity index (χ4v) is 4.78. The largest absolute Gasteiger partial charge is 0.340 e. The Kier molecular flexibility index (Phi) is 5.79. The molecule has 0 radical (unpaired) electrons. The van der Waals surface area contributed by atoms with E-state index in [0.717, 1.165) is 44.3 Å². The lowest BCUT2D eigenvalue weighted by atomic mass is 9.98. The van der Waals surface area contributed by atoms with Gasteiger partial charge in [-0.15, -0.1) is 0 Å². The van der Waals surface area contributed by atoms with Gasteiger partial charge in [0, 0.05) is 44.3 Å². The van der Waals surface area contributed by atoms with Gasteiger partial charge in [-0.1, -0.05) is 42.6 Å². The number of carbonyl (C=O) groups is 3. The van der Waals surface area contributed by atoms with Gasteiger partial charge in [0.1, 0.15) is 5.54 Å². The molecule has 4 rings (SSSR count). The van der Waals surface area contributed by atoms with Crippen molar-refractivity contribution in [1.82, 2.24) is 20.0 Å². The summed E-state index contributed by atoms with van der Waals surface area (Å²) in [6.45, 7) is 3.81. The molecule has 1 aromatic carbocycles. The van der Waals surface area contributed by atoms with E-state index in [4.69, 9.17) is 11.6 Å². The molecule has 8 heteroatoms. The van der Waals surface area contributed by atoms with Crippen molar-refractivity contribution in [3.8, 4) is 0 Å². The zero-order chi connectivity index (χ0) is 20.4. The number of nitrogens with one attached hydrogen (secondary N) is 1. The Hall–Kier alpha value is -2.12. The van der Waals surface area contributed by atoms with Crippen molar-refractivity contribution in [3.05, 3.63) is 34.9 Å². The summed E-state index contributed by atoms with van der Waals surface area (Å²) in [4.78, 5) is 43.0. The molecule has 0 bridgehead atoms. The molecule has 2 heterocycles. The summed E-state index contributed by atoms with van der Waals surface area (Å²) >= 11 is 6.16. The van der Waals surface area contributed by atoms with Crippen LogP contribution < -0.4 is 5.32 Å². The number of imide groups is 1. The Morgan fingerprint density at radius 3 is 2.41 bits per heavy atom. The van der Waals surface area contributed by atoms with Gasteiger partial charge < -0.3 is 10.2 Å². The van der Waals surface area contributed by atoms with E-state index in [1.54, 1.807) is 6.07 Å². The summed E-state index contributed by atoms with van der Waals surface area (Å²) in [6.07, 6.45) is 3.79. The molecule has 0 aromatic heterocycles. The first kappa shape index (κ1) is 20.2. The highest BCUT2D eigenvalue weighted by Gasteiger charge is 2.52. The second kappa shape index (κ2) is 8.32. The van der Waals surface area contributed by atoms with Crippen LogP contribution in [0.4, 0.5) is 4.79 Å². The fraction of sp³-hybridized carbons (Fsp3) is 0.571. The molecule has 3 fully saturated rings. The molecular weight excluding hydrogens is 392 g/mol. The number of halogens is 1. The number of piperazine rings is 1. The predicted molar refractivity (Wildman–Crippen MR) is 110 cm³/mol. The number of hydrogen-bond acceptors (Lipinski definition) is 4. The van der Waals surface area contributed by atoms with E-state index in [2.05, 4.69) is 10.2 Å². The topological polar surface area (TPSA) is 73.0 Å². The summed E-state index contributed by atoms with van der Waals surface area (Å²) in [5.41, 5.74) is 0.210. The first-order valence-electron chi connectivity index (χ1n) is 10.4. The molecule has 0 unspecified atom stereocenters. The zero-order valence-electron chi connectivity index (χ0n) is 16.5. The minimum atomic E-state index is -0.638. The third-order valence-electron chi connectivity index (χ3n) is 6.37. The minimum Gasteiger partial charge on any atom is -0.340 e. The molecule has 1 aromatic rings. The highest BCUT2D eigenvalue weighted by Crippen LogP contribution is 2.34. The minimum absolute atomic E-state index is 0.0615. The van der Waals surface area contributed by atoms with Crippen molar-refractivity contribution >= 4 is 29.4 Å². The summed E-state index contributed by atoms with van der Waals surface area (Å²) < 4.78 is 0. The normalized spacial score (nSPS) is 21.8. The number of amides is 4. The van der Waals surface area contributed by atoms with Crippen LogP contribution in [0.2, 0.25) is 5.02 Å². The first-order valence-corrected chi connectivity index (χ1v) is 10.7. The van der Waals surface area contributed by atoms with Gasteiger partial charge in [-0.25, -0.2) is 4.79 Å². The van der Waals surface area contributed by atoms with Crippen LogP contribution in [0.15, 0.2) is 24.3 Å².